The first-order valence-corrected chi connectivity index (χ1v) is 8.01. The Bertz CT molecular complexity index is 718. The van der Waals surface area contributed by atoms with Gasteiger partial charge in [0, 0.05) is 35.4 Å². The van der Waals surface area contributed by atoms with Crippen LogP contribution in [0.1, 0.15) is 12.8 Å². The zero-order valence-corrected chi connectivity index (χ0v) is 11.7. The van der Waals surface area contributed by atoms with Crippen LogP contribution < -0.4 is 10.5 Å². The average molecular weight is 295 g/mol. The predicted molar refractivity (Wildman–Crippen MR) is 76.9 cm³/mol. The zero-order valence-electron chi connectivity index (χ0n) is 10.9. The van der Waals surface area contributed by atoms with Crippen LogP contribution >= 0.6 is 0 Å². The second-order valence-corrected chi connectivity index (χ2v) is 6.68. The molecule has 108 valence electrons. The number of hydrogen-bond donors (Lipinski definition) is 3. The van der Waals surface area contributed by atoms with Gasteiger partial charge in [-0.25, -0.2) is 13.1 Å². The third-order valence-corrected chi connectivity index (χ3v) is 5.00. The molecule has 1 fully saturated rings. The van der Waals surface area contributed by atoms with Gasteiger partial charge in [-0.15, -0.1) is 0 Å². The highest BCUT2D eigenvalue weighted by Gasteiger charge is 2.24. The molecule has 0 radical (unpaired) electrons. The van der Waals surface area contributed by atoms with Gasteiger partial charge in [-0.1, -0.05) is 0 Å². The van der Waals surface area contributed by atoms with Crippen LogP contribution in [0.25, 0.3) is 10.9 Å². The van der Waals surface area contributed by atoms with Crippen LogP contribution in [0.4, 0.5) is 5.69 Å². The molecule has 1 aliphatic heterocycles. The van der Waals surface area contributed by atoms with Crippen LogP contribution in [0.2, 0.25) is 0 Å². The molecule has 1 saturated heterocycles. The molecule has 0 spiro atoms. The molecule has 0 bridgehead atoms. The maximum Gasteiger partial charge on any atom is 0.243 e. The summed E-state index contributed by atoms with van der Waals surface area (Å²) in [5, 5.41) is 0.642. The monoisotopic (exact) mass is 295 g/mol. The summed E-state index contributed by atoms with van der Waals surface area (Å²) in [4.78, 5) is 3.19. The molecule has 0 saturated carbocycles. The number of hydrogen-bond acceptors (Lipinski definition) is 4. The van der Waals surface area contributed by atoms with Crippen molar-refractivity contribution in [3.05, 3.63) is 24.4 Å². The molecule has 20 heavy (non-hydrogen) atoms. The maximum absolute atomic E-state index is 12.4. The Hall–Kier alpha value is -1.57. The molecule has 1 aromatic carbocycles. The van der Waals surface area contributed by atoms with E-state index in [9.17, 15) is 8.42 Å². The van der Waals surface area contributed by atoms with Crippen LogP contribution in [-0.2, 0) is 14.8 Å². The first-order chi connectivity index (χ1) is 9.56. The molecule has 3 rings (SSSR count). The second-order valence-electron chi connectivity index (χ2n) is 4.99. The number of anilines is 1. The quantitative estimate of drug-likeness (QED) is 0.741. The number of ether oxygens (including phenoxy) is 1. The van der Waals surface area contributed by atoms with Crippen molar-refractivity contribution < 1.29 is 13.2 Å². The molecule has 2 aromatic rings. The minimum atomic E-state index is -3.56. The van der Waals surface area contributed by atoms with Crippen molar-refractivity contribution >= 4 is 26.6 Å². The lowest BCUT2D eigenvalue weighted by Crippen LogP contribution is -2.40. The predicted octanol–water partition coefficient (Wildman–Crippen LogP) is 1.21. The van der Waals surface area contributed by atoms with Gasteiger partial charge in [0.1, 0.15) is 4.90 Å². The van der Waals surface area contributed by atoms with Gasteiger partial charge in [-0.2, -0.15) is 0 Å². The molecule has 1 unspecified atom stereocenters. The summed E-state index contributed by atoms with van der Waals surface area (Å²) in [6.45, 7) is 1.12. The van der Waals surface area contributed by atoms with Crippen molar-refractivity contribution in [1.82, 2.24) is 9.71 Å². The van der Waals surface area contributed by atoms with E-state index in [4.69, 9.17) is 10.5 Å². The largest absolute Gasteiger partial charge is 0.399 e. The van der Waals surface area contributed by atoms with Crippen molar-refractivity contribution in [2.24, 2.45) is 0 Å². The highest BCUT2D eigenvalue weighted by Crippen LogP contribution is 2.25. The Morgan fingerprint density at radius 1 is 1.40 bits per heavy atom. The third-order valence-electron chi connectivity index (χ3n) is 3.44. The van der Waals surface area contributed by atoms with Gasteiger partial charge in [0.05, 0.1) is 6.61 Å². The lowest BCUT2D eigenvalue weighted by Gasteiger charge is -2.22. The van der Waals surface area contributed by atoms with Gasteiger partial charge in [0.25, 0.3) is 0 Å². The SMILES string of the molecule is Nc1ccc2c(S(=O)(=O)NC3CCCOC3)c[nH]c2c1. The fourth-order valence-corrected chi connectivity index (χ4v) is 3.89. The summed E-state index contributed by atoms with van der Waals surface area (Å²) in [5.41, 5.74) is 7.00. The van der Waals surface area contributed by atoms with E-state index in [2.05, 4.69) is 9.71 Å². The van der Waals surface area contributed by atoms with Crippen molar-refractivity contribution in [3.8, 4) is 0 Å². The van der Waals surface area contributed by atoms with Crippen LogP contribution in [0.3, 0.4) is 0 Å². The minimum Gasteiger partial charge on any atom is -0.399 e. The van der Waals surface area contributed by atoms with E-state index >= 15 is 0 Å². The Labute approximate surface area is 117 Å². The zero-order chi connectivity index (χ0) is 14.2. The van der Waals surface area contributed by atoms with Gasteiger partial charge < -0.3 is 15.5 Å². The molecule has 6 nitrogen and oxygen atoms in total. The van der Waals surface area contributed by atoms with Crippen LogP contribution in [0.15, 0.2) is 29.3 Å². The number of sulfonamides is 1. The first-order valence-electron chi connectivity index (χ1n) is 6.53. The van der Waals surface area contributed by atoms with Gasteiger partial charge >= 0.3 is 0 Å². The van der Waals surface area contributed by atoms with Crippen molar-refractivity contribution in [1.29, 1.82) is 0 Å². The Morgan fingerprint density at radius 3 is 3.00 bits per heavy atom. The lowest BCUT2D eigenvalue weighted by atomic mass is 10.1. The number of benzene rings is 1. The summed E-state index contributed by atoms with van der Waals surface area (Å²) in [6, 6.07) is 4.97. The van der Waals surface area contributed by atoms with Crippen LogP contribution in [0, 0.1) is 0 Å². The summed E-state index contributed by atoms with van der Waals surface area (Å²) in [6.07, 6.45) is 3.17. The summed E-state index contributed by atoms with van der Waals surface area (Å²) >= 11 is 0. The lowest BCUT2D eigenvalue weighted by molar-refractivity contribution is 0.0774. The van der Waals surface area contributed by atoms with E-state index in [1.807, 2.05) is 0 Å². The summed E-state index contributed by atoms with van der Waals surface area (Å²) in [5.74, 6) is 0. The number of fused-ring (bicyclic) bond motifs is 1. The minimum absolute atomic E-state index is 0.160. The van der Waals surface area contributed by atoms with E-state index in [1.54, 1.807) is 18.2 Å². The summed E-state index contributed by atoms with van der Waals surface area (Å²) in [7, 11) is -3.56. The molecule has 2 heterocycles. The third kappa shape index (κ3) is 2.52. The first kappa shape index (κ1) is 13.4. The number of H-pyrrole nitrogens is 1. The van der Waals surface area contributed by atoms with Gasteiger partial charge in [-0.3, -0.25) is 0 Å². The number of aromatic amines is 1. The fraction of sp³-hybridized carbons (Fsp3) is 0.385. The van der Waals surface area contributed by atoms with E-state index in [0.29, 0.717) is 29.8 Å². The molecule has 1 atom stereocenters. The normalized spacial score (nSPS) is 20.3. The Balaban J connectivity index is 1.92. The smallest absolute Gasteiger partial charge is 0.243 e. The molecule has 1 aromatic heterocycles. The Morgan fingerprint density at radius 2 is 2.25 bits per heavy atom. The average Bonchev–Trinajstić information content (AvgIpc) is 2.83. The van der Waals surface area contributed by atoms with Crippen LogP contribution in [0.5, 0.6) is 0 Å². The van der Waals surface area contributed by atoms with Crippen molar-refractivity contribution in [2.75, 3.05) is 18.9 Å². The molecular formula is C13H17N3O3S. The number of rotatable bonds is 3. The van der Waals surface area contributed by atoms with Crippen molar-refractivity contribution in [3.63, 3.8) is 0 Å². The van der Waals surface area contributed by atoms with Gasteiger partial charge in [0.15, 0.2) is 0 Å². The van der Waals surface area contributed by atoms with Gasteiger partial charge in [0.2, 0.25) is 10.0 Å². The fourth-order valence-electron chi connectivity index (χ4n) is 2.46. The van der Waals surface area contributed by atoms with E-state index in [-0.39, 0.29) is 10.9 Å². The number of nitrogens with two attached hydrogens (primary N) is 1. The maximum atomic E-state index is 12.4. The Kier molecular flexibility index (Phi) is 3.41. The van der Waals surface area contributed by atoms with Crippen LogP contribution in [-0.4, -0.2) is 32.7 Å². The topological polar surface area (TPSA) is 97.2 Å². The molecular weight excluding hydrogens is 278 g/mol. The van der Waals surface area contributed by atoms with Crippen molar-refractivity contribution in [2.45, 2.75) is 23.8 Å². The highest BCUT2D eigenvalue weighted by molar-refractivity contribution is 7.89. The van der Waals surface area contributed by atoms with E-state index in [0.717, 1.165) is 12.8 Å². The molecule has 4 N–H and O–H groups in total. The molecule has 0 amide bonds. The highest BCUT2D eigenvalue weighted by atomic mass is 32.2. The molecule has 7 heteroatoms. The number of nitrogens with one attached hydrogen (secondary N) is 2. The van der Waals surface area contributed by atoms with E-state index in [1.165, 1.54) is 6.20 Å². The molecule has 1 aliphatic rings. The molecule has 0 aliphatic carbocycles. The van der Waals surface area contributed by atoms with Gasteiger partial charge in [-0.05, 0) is 31.0 Å². The standard InChI is InChI=1S/C13H17N3O3S/c14-9-3-4-11-12(6-9)15-7-13(11)20(17,18)16-10-2-1-5-19-8-10/h3-4,6-7,10,15-16H,1-2,5,8,14H2. The summed E-state index contributed by atoms with van der Waals surface area (Å²) < 4.78 is 32.9. The number of nitrogen functional groups attached to an aromatic ring is 1. The van der Waals surface area contributed by atoms with E-state index < -0.39 is 10.0 Å². The second kappa shape index (κ2) is 5.08. The number of aromatic nitrogens is 1.